The second-order valence-electron chi connectivity index (χ2n) is 9.05. The van der Waals surface area contributed by atoms with Gasteiger partial charge in [-0.1, -0.05) is 12.1 Å². The maximum absolute atomic E-state index is 13.2. The average molecular weight is 566 g/mol. The van der Waals surface area contributed by atoms with Gasteiger partial charge in [0, 0.05) is 28.6 Å². The molecule has 2 aromatic heterocycles. The molecule has 1 amide bonds. The van der Waals surface area contributed by atoms with Gasteiger partial charge in [-0.05, 0) is 66.7 Å². The standard InChI is InChI=1S/C28H16F6N6O/c29-27(30,31)17-12-16(13-18(14-17)28(32,33)34)26(41)36-19-9-7-15(8-10-19)24-38-39-25-20-4-1-2-5-21(20)37-23-22(40(24)25)6-3-11-35-23/h1-14H,(H,35,37)(H,36,41). The van der Waals surface area contributed by atoms with E-state index in [9.17, 15) is 31.1 Å². The number of halogens is 6. The van der Waals surface area contributed by atoms with Crippen molar-refractivity contribution in [3.8, 4) is 28.5 Å². The molecule has 0 atom stereocenters. The molecule has 7 nitrogen and oxygen atoms in total. The Hall–Kier alpha value is -5.20. The van der Waals surface area contributed by atoms with Crippen molar-refractivity contribution < 1.29 is 31.1 Å². The maximum atomic E-state index is 13.2. The monoisotopic (exact) mass is 566 g/mol. The Morgan fingerprint density at radius 3 is 2.12 bits per heavy atom. The lowest BCUT2D eigenvalue weighted by molar-refractivity contribution is -0.143. The Balaban J connectivity index is 1.33. The van der Waals surface area contributed by atoms with Crippen LogP contribution in [0.15, 0.2) is 85.1 Å². The van der Waals surface area contributed by atoms with Gasteiger partial charge >= 0.3 is 12.4 Å². The number of fused-ring (bicyclic) bond motifs is 5. The molecule has 3 aromatic carbocycles. The molecule has 0 spiro atoms. The molecule has 0 saturated heterocycles. The summed E-state index contributed by atoms with van der Waals surface area (Å²) in [4.78, 5) is 17.1. The molecule has 1 aliphatic rings. The normalized spacial score (nSPS) is 12.4. The molecule has 2 N–H and O–H groups in total. The number of benzene rings is 3. The summed E-state index contributed by atoms with van der Waals surface area (Å²) in [6, 6.07) is 17.9. The fourth-order valence-corrected chi connectivity index (χ4v) is 4.45. The number of nitrogens with one attached hydrogen (secondary N) is 2. The SMILES string of the molecule is O=C(Nc1ccc(-c2nnc3n2-c2cccnc2Nc2ccccc2-3)cc1)c1cc(C(F)(F)F)cc(C(F)(F)F)c1. The molecular formula is C28H16F6N6O. The van der Waals surface area contributed by atoms with Crippen LogP contribution in [-0.2, 0) is 12.4 Å². The fraction of sp³-hybridized carbons (Fsp3) is 0.0714. The summed E-state index contributed by atoms with van der Waals surface area (Å²) in [5, 5.41) is 14.4. The second kappa shape index (κ2) is 9.47. The first-order valence-electron chi connectivity index (χ1n) is 12.0. The van der Waals surface area contributed by atoms with E-state index in [0.29, 0.717) is 40.9 Å². The summed E-state index contributed by atoms with van der Waals surface area (Å²) in [7, 11) is 0. The highest BCUT2D eigenvalue weighted by Gasteiger charge is 2.37. The summed E-state index contributed by atoms with van der Waals surface area (Å²) in [6.45, 7) is 0. The summed E-state index contributed by atoms with van der Waals surface area (Å²) < 4.78 is 81.0. The van der Waals surface area contributed by atoms with Crippen molar-refractivity contribution >= 4 is 23.1 Å². The third kappa shape index (κ3) is 4.86. The Bertz CT molecular complexity index is 1760. The quantitative estimate of drug-likeness (QED) is 0.219. The summed E-state index contributed by atoms with van der Waals surface area (Å²) in [5.41, 5.74) is -0.963. The number of aromatic nitrogens is 4. The lowest BCUT2D eigenvalue weighted by atomic mass is 10.0. The number of para-hydroxylation sites is 1. The van der Waals surface area contributed by atoms with Crippen molar-refractivity contribution in [3.63, 3.8) is 0 Å². The molecule has 0 unspecified atom stereocenters. The van der Waals surface area contributed by atoms with Gasteiger partial charge in [-0.3, -0.25) is 9.36 Å². The Labute approximate surface area is 227 Å². The minimum Gasteiger partial charge on any atom is -0.338 e. The van der Waals surface area contributed by atoms with Crippen molar-refractivity contribution in [3.05, 3.63) is 102 Å². The van der Waals surface area contributed by atoms with Gasteiger partial charge in [-0.25, -0.2) is 4.98 Å². The molecule has 1 aliphatic heterocycles. The van der Waals surface area contributed by atoms with Crippen LogP contribution in [0.5, 0.6) is 0 Å². The van der Waals surface area contributed by atoms with Gasteiger partial charge in [-0.15, -0.1) is 10.2 Å². The predicted molar refractivity (Wildman–Crippen MR) is 138 cm³/mol. The first-order chi connectivity index (χ1) is 19.5. The minimum absolute atomic E-state index is 0.0331. The molecule has 5 aromatic rings. The molecular weight excluding hydrogens is 550 g/mol. The van der Waals surface area contributed by atoms with E-state index < -0.39 is 35.0 Å². The lowest BCUT2D eigenvalue weighted by Crippen LogP contribution is -2.17. The van der Waals surface area contributed by atoms with Crippen LogP contribution in [0.4, 0.5) is 43.5 Å². The molecule has 0 aliphatic carbocycles. The third-order valence-electron chi connectivity index (χ3n) is 6.36. The van der Waals surface area contributed by atoms with Gasteiger partial charge in [-0.2, -0.15) is 26.3 Å². The van der Waals surface area contributed by atoms with E-state index in [1.807, 2.05) is 34.9 Å². The number of carbonyl (C=O) groups excluding carboxylic acids is 1. The zero-order valence-corrected chi connectivity index (χ0v) is 20.5. The Kier molecular flexibility index (Phi) is 6.01. The number of alkyl halides is 6. The summed E-state index contributed by atoms with van der Waals surface area (Å²) in [5.74, 6) is 0.437. The number of rotatable bonds is 3. The average Bonchev–Trinajstić information content (AvgIpc) is 3.32. The highest BCUT2D eigenvalue weighted by molar-refractivity contribution is 6.04. The van der Waals surface area contributed by atoms with Gasteiger partial charge in [0.2, 0.25) is 0 Å². The molecule has 206 valence electrons. The number of anilines is 3. The van der Waals surface area contributed by atoms with Crippen LogP contribution in [0.1, 0.15) is 21.5 Å². The lowest BCUT2D eigenvalue weighted by Gasteiger charge is -2.14. The van der Waals surface area contributed by atoms with E-state index in [0.717, 1.165) is 11.3 Å². The van der Waals surface area contributed by atoms with Gasteiger partial charge in [0.15, 0.2) is 17.5 Å². The number of carbonyl (C=O) groups is 1. The van der Waals surface area contributed by atoms with Gasteiger partial charge < -0.3 is 10.6 Å². The van der Waals surface area contributed by atoms with Crippen molar-refractivity contribution in [2.24, 2.45) is 0 Å². The number of amides is 1. The third-order valence-corrected chi connectivity index (χ3v) is 6.36. The molecule has 0 radical (unpaired) electrons. The highest BCUT2D eigenvalue weighted by Crippen LogP contribution is 2.39. The predicted octanol–water partition coefficient (Wildman–Crippen LogP) is 7.34. The smallest absolute Gasteiger partial charge is 0.338 e. The van der Waals surface area contributed by atoms with Crippen molar-refractivity contribution in [1.29, 1.82) is 0 Å². The van der Waals surface area contributed by atoms with Crippen LogP contribution >= 0.6 is 0 Å². The Morgan fingerprint density at radius 1 is 0.780 bits per heavy atom. The van der Waals surface area contributed by atoms with Crippen LogP contribution in [0.3, 0.4) is 0 Å². The topological polar surface area (TPSA) is 84.7 Å². The van der Waals surface area contributed by atoms with Gasteiger partial charge in [0.1, 0.15) is 0 Å². The number of hydrogen-bond acceptors (Lipinski definition) is 5. The van der Waals surface area contributed by atoms with Crippen LogP contribution in [-0.4, -0.2) is 25.7 Å². The van der Waals surface area contributed by atoms with E-state index >= 15 is 0 Å². The van der Waals surface area contributed by atoms with Crippen molar-refractivity contribution in [2.45, 2.75) is 12.4 Å². The molecule has 6 rings (SSSR count). The van der Waals surface area contributed by atoms with Crippen LogP contribution in [0, 0.1) is 0 Å². The minimum atomic E-state index is -5.07. The largest absolute Gasteiger partial charge is 0.416 e. The zero-order chi connectivity index (χ0) is 28.9. The molecule has 0 bridgehead atoms. The maximum Gasteiger partial charge on any atom is 0.416 e. The van der Waals surface area contributed by atoms with Gasteiger partial charge in [0.05, 0.1) is 22.5 Å². The Morgan fingerprint density at radius 2 is 1.44 bits per heavy atom. The summed E-state index contributed by atoms with van der Waals surface area (Å²) in [6.07, 6.45) is -8.50. The molecule has 3 heterocycles. The van der Waals surface area contributed by atoms with Crippen LogP contribution in [0.25, 0.3) is 28.5 Å². The first kappa shape index (κ1) is 26.0. The molecule has 0 fully saturated rings. The van der Waals surface area contributed by atoms with E-state index in [-0.39, 0.29) is 11.8 Å². The number of pyridine rings is 1. The number of nitrogens with zero attached hydrogens (tertiary/aromatic N) is 4. The first-order valence-corrected chi connectivity index (χ1v) is 12.0. The van der Waals surface area contributed by atoms with Crippen molar-refractivity contribution in [2.75, 3.05) is 10.6 Å². The van der Waals surface area contributed by atoms with Crippen LogP contribution in [0.2, 0.25) is 0 Å². The molecule has 13 heteroatoms. The molecule has 0 saturated carbocycles. The second-order valence-corrected chi connectivity index (χ2v) is 9.05. The van der Waals surface area contributed by atoms with E-state index in [1.54, 1.807) is 24.4 Å². The molecule has 41 heavy (non-hydrogen) atoms. The fourth-order valence-electron chi connectivity index (χ4n) is 4.45. The summed E-state index contributed by atoms with van der Waals surface area (Å²) >= 11 is 0. The zero-order valence-electron chi connectivity index (χ0n) is 20.5. The van der Waals surface area contributed by atoms with Crippen molar-refractivity contribution in [1.82, 2.24) is 19.7 Å². The van der Waals surface area contributed by atoms with E-state index in [1.165, 1.54) is 12.1 Å². The highest BCUT2D eigenvalue weighted by atomic mass is 19.4. The van der Waals surface area contributed by atoms with E-state index in [4.69, 9.17) is 0 Å². The van der Waals surface area contributed by atoms with E-state index in [2.05, 4.69) is 25.8 Å². The van der Waals surface area contributed by atoms with Gasteiger partial charge in [0.25, 0.3) is 5.91 Å². The number of hydrogen-bond donors (Lipinski definition) is 2. The van der Waals surface area contributed by atoms with Crippen LogP contribution < -0.4 is 10.6 Å².